The summed E-state index contributed by atoms with van der Waals surface area (Å²) in [6, 6.07) is 8.17. The number of anilines is 1. The minimum Gasteiger partial charge on any atom is -0.321 e. The third kappa shape index (κ3) is 4.02. The van der Waals surface area contributed by atoms with Gasteiger partial charge in [-0.05, 0) is 62.8 Å². The van der Waals surface area contributed by atoms with Gasteiger partial charge in [-0.1, -0.05) is 28.1 Å². The van der Waals surface area contributed by atoms with Crippen LogP contribution in [0.4, 0.5) is 18.9 Å². The number of hydrogen-bond acceptors (Lipinski definition) is 1. The number of hydrogen-bond donors (Lipinski definition) is 1. The molecule has 0 aliphatic rings. The van der Waals surface area contributed by atoms with Gasteiger partial charge < -0.3 is 5.32 Å². The molecule has 0 heterocycles. The zero-order chi connectivity index (χ0) is 16.5. The molecule has 2 rings (SSSR count). The molecule has 0 spiro atoms. The van der Waals surface area contributed by atoms with Crippen LogP contribution in [0.2, 0.25) is 0 Å². The monoisotopic (exact) mass is 547 g/mol. The summed E-state index contributed by atoms with van der Waals surface area (Å²) in [4.78, 5) is 12.3. The molecule has 0 aromatic heterocycles. The normalized spacial score (nSPS) is 11.4. The zero-order valence-corrected chi connectivity index (χ0v) is 16.0. The molecular formula is C14H7Br2F3INO. The van der Waals surface area contributed by atoms with Crippen LogP contribution >= 0.6 is 54.5 Å². The summed E-state index contributed by atoms with van der Waals surface area (Å²) in [6.45, 7) is 0. The van der Waals surface area contributed by atoms with Crippen molar-refractivity contribution in [3.8, 4) is 0 Å². The third-order valence-corrected chi connectivity index (χ3v) is 5.70. The lowest BCUT2D eigenvalue weighted by Crippen LogP contribution is -2.17. The molecule has 0 saturated carbocycles. The summed E-state index contributed by atoms with van der Waals surface area (Å²) in [5.41, 5.74) is -0.877. The maximum atomic E-state index is 12.9. The van der Waals surface area contributed by atoms with Gasteiger partial charge in [0.1, 0.15) is 0 Å². The van der Waals surface area contributed by atoms with Crippen molar-refractivity contribution < 1.29 is 18.0 Å². The standard InChI is InChI=1S/C14H7Br2F3INO/c15-7-5-8(12(20)10(16)6-7)13(22)21-11-4-2-1-3-9(11)14(17,18)19/h1-6H,(H,21,22). The predicted molar refractivity (Wildman–Crippen MR) is 94.0 cm³/mol. The van der Waals surface area contributed by atoms with Crippen LogP contribution in [0.1, 0.15) is 15.9 Å². The van der Waals surface area contributed by atoms with E-state index in [0.29, 0.717) is 12.5 Å². The van der Waals surface area contributed by atoms with Crippen molar-refractivity contribution in [3.63, 3.8) is 0 Å². The third-order valence-electron chi connectivity index (χ3n) is 2.72. The number of rotatable bonds is 2. The fraction of sp³-hybridized carbons (Fsp3) is 0.0714. The van der Waals surface area contributed by atoms with Crippen LogP contribution in [0.5, 0.6) is 0 Å². The number of carbonyl (C=O) groups is 1. The average Bonchev–Trinajstić information content (AvgIpc) is 2.42. The van der Waals surface area contributed by atoms with Gasteiger partial charge in [-0.3, -0.25) is 4.79 Å². The molecule has 0 radical (unpaired) electrons. The Balaban J connectivity index is 2.39. The second-order valence-corrected chi connectivity index (χ2v) is 7.10. The SMILES string of the molecule is O=C(Nc1ccccc1C(F)(F)F)c1cc(Br)cc(Br)c1I. The Hall–Kier alpha value is -0.610. The summed E-state index contributed by atoms with van der Waals surface area (Å²) in [5.74, 6) is -0.608. The first-order valence-electron chi connectivity index (χ1n) is 5.82. The fourth-order valence-corrected chi connectivity index (χ4v) is 3.53. The van der Waals surface area contributed by atoms with E-state index in [1.807, 2.05) is 22.6 Å². The van der Waals surface area contributed by atoms with Crippen LogP contribution in [0, 0.1) is 3.57 Å². The van der Waals surface area contributed by atoms with Crippen molar-refractivity contribution in [1.29, 1.82) is 0 Å². The van der Waals surface area contributed by atoms with Crippen LogP contribution < -0.4 is 5.32 Å². The van der Waals surface area contributed by atoms with Crippen molar-refractivity contribution in [1.82, 2.24) is 0 Å². The van der Waals surface area contributed by atoms with E-state index >= 15 is 0 Å². The van der Waals surface area contributed by atoms with E-state index in [-0.39, 0.29) is 11.3 Å². The predicted octanol–water partition coefficient (Wildman–Crippen LogP) is 6.09. The molecule has 0 bridgehead atoms. The van der Waals surface area contributed by atoms with Crippen LogP contribution in [0.15, 0.2) is 45.3 Å². The number of alkyl halides is 3. The van der Waals surface area contributed by atoms with E-state index in [0.717, 1.165) is 6.07 Å². The van der Waals surface area contributed by atoms with Gasteiger partial charge in [-0.25, -0.2) is 0 Å². The summed E-state index contributed by atoms with van der Waals surface area (Å²) in [6.07, 6.45) is -4.53. The Kier molecular flexibility index (Phi) is 5.54. The summed E-state index contributed by atoms with van der Waals surface area (Å²) in [7, 11) is 0. The van der Waals surface area contributed by atoms with Gasteiger partial charge in [-0.15, -0.1) is 0 Å². The number of amides is 1. The van der Waals surface area contributed by atoms with Gasteiger partial charge in [0.05, 0.1) is 16.8 Å². The summed E-state index contributed by atoms with van der Waals surface area (Å²) in [5, 5.41) is 2.32. The quantitative estimate of drug-likeness (QED) is 0.357. The minimum atomic E-state index is -4.53. The van der Waals surface area contributed by atoms with Gasteiger partial charge in [0.25, 0.3) is 5.91 Å². The van der Waals surface area contributed by atoms with Gasteiger partial charge in [0.2, 0.25) is 0 Å². The number of nitrogens with one attached hydrogen (secondary N) is 1. The molecule has 1 N–H and O–H groups in total. The Bertz CT molecular complexity index is 735. The number of carbonyl (C=O) groups excluding carboxylic acids is 1. The van der Waals surface area contributed by atoms with Gasteiger partial charge in [-0.2, -0.15) is 13.2 Å². The van der Waals surface area contributed by atoms with Gasteiger partial charge in [0.15, 0.2) is 0 Å². The van der Waals surface area contributed by atoms with E-state index in [9.17, 15) is 18.0 Å². The Morgan fingerprint density at radius 3 is 2.41 bits per heavy atom. The maximum absolute atomic E-state index is 12.9. The van der Waals surface area contributed by atoms with E-state index in [1.165, 1.54) is 18.2 Å². The molecule has 2 nitrogen and oxygen atoms in total. The number of benzene rings is 2. The Morgan fingerprint density at radius 1 is 1.14 bits per heavy atom. The molecule has 0 saturated heterocycles. The van der Waals surface area contributed by atoms with Gasteiger partial charge in [0, 0.05) is 12.5 Å². The molecule has 2 aromatic carbocycles. The van der Waals surface area contributed by atoms with Gasteiger partial charge >= 0.3 is 6.18 Å². The molecule has 0 unspecified atom stereocenters. The fourth-order valence-electron chi connectivity index (χ4n) is 1.75. The van der Waals surface area contributed by atoms with E-state index < -0.39 is 17.6 Å². The Morgan fingerprint density at radius 2 is 1.77 bits per heavy atom. The zero-order valence-electron chi connectivity index (χ0n) is 10.6. The first-order valence-corrected chi connectivity index (χ1v) is 8.48. The summed E-state index contributed by atoms with van der Waals surface area (Å²) < 4.78 is 40.8. The second kappa shape index (κ2) is 6.88. The van der Waals surface area contributed by atoms with Crippen molar-refractivity contribution in [3.05, 3.63) is 60.0 Å². The van der Waals surface area contributed by atoms with Crippen LogP contribution in [0.3, 0.4) is 0 Å². The van der Waals surface area contributed by atoms with Crippen molar-refractivity contribution >= 4 is 66.0 Å². The second-order valence-electron chi connectivity index (χ2n) is 4.25. The smallest absolute Gasteiger partial charge is 0.321 e. The first-order chi connectivity index (χ1) is 10.2. The van der Waals surface area contributed by atoms with E-state index in [2.05, 4.69) is 37.2 Å². The maximum Gasteiger partial charge on any atom is 0.418 e. The highest BCUT2D eigenvalue weighted by Crippen LogP contribution is 2.35. The molecule has 0 atom stereocenters. The highest BCUT2D eigenvalue weighted by atomic mass is 127. The molecule has 8 heteroatoms. The Labute approximate surface area is 154 Å². The highest BCUT2D eigenvalue weighted by molar-refractivity contribution is 14.1. The molecule has 0 fully saturated rings. The molecule has 2 aromatic rings. The van der Waals surface area contributed by atoms with E-state index in [4.69, 9.17) is 0 Å². The number of halogens is 6. The van der Waals surface area contributed by atoms with Crippen molar-refractivity contribution in [2.45, 2.75) is 6.18 Å². The minimum absolute atomic E-state index is 0.271. The highest BCUT2D eigenvalue weighted by Gasteiger charge is 2.33. The average molecular weight is 549 g/mol. The number of para-hydroxylation sites is 1. The largest absolute Gasteiger partial charge is 0.418 e. The van der Waals surface area contributed by atoms with Crippen LogP contribution in [-0.2, 0) is 6.18 Å². The molecule has 22 heavy (non-hydrogen) atoms. The lowest BCUT2D eigenvalue weighted by atomic mass is 10.1. The molecule has 1 amide bonds. The molecule has 0 aliphatic heterocycles. The lowest BCUT2D eigenvalue weighted by molar-refractivity contribution is -0.136. The van der Waals surface area contributed by atoms with Crippen molar-refractivity contribution in [2.24, 2.45) is 0 Å². The molecule has 0 aliphatic carbocycles. The van der Waals surface area contributed by atoms with E-state index in [1.54, 1.807) is 12.1 Å². The first kappa shape index (κ1) is 17.7. The van der Waals surface area contributed by atoms with Crippen LogP contribution in [-0.4, -0.2) is 5.91 Å². The van der Waals surface area contributed by atoms with Crippen LogP contribution in [0.25, 0.3) is 0 Å². The molecular weight excluding hydrogens is 542 g/mol. The van der Waals surface area contributed by atoms with Crippen molar-refractivity contribution in [2.75, 3.05) is 5.32 Å². The topological polar surface area (TPSA) is 29.1 Å². The summed E-state index contributed by atoms with van der Waals surface area (Å²) >= 11 is 8.51. The lowest BCUT2D eigenvalue weighted by Gasteiger charge is -2.14. The molecule has 116 valence electrons.